The Labute approximate surface area is 168 Å². The SMILES string of the molecule is CN1CCC(Nc2nc(-n3ccc(C(=O)CC4CC4)c3)c3ccsc3n2)CC1. The molecule has 3 aromatic heterocycles. The average Bonchev–Trinajstić information content (AvgIpc) is 3.18. The zero-order chi connectivity index (χ0) is 19.1. The molecule has 1 saturated heterocycles. The molecule has 7 heteroatoms. The summed E-state index contributed by atoms with van der Waals surface area (Å²) in [5.41, 5.74) is 0.777. The molecule has 1 N–H and O–H groups in total. The predicted molar refractivity (Wildman–Crippen MR) is 113 cm³/mol. The van der Waals surface area contributed by atoms with Gasteiger partial charge in [-0.15, -0.1) is 11.3 Å². The van der Waals surface area contributed by atoms with Gasteiger partial charge in [-0.05, 0) is 69.3 Å². The van der Waals surface area contributed by atoms with Gasteiger partial charge in [-0.2, -0.15) is 4.98 Å². The summed E-state index contributed by atoms with van der Waals surface area (Å²) in [4.78, 5) is 25.3. The first-order valence-corrected chi connectivity index (χ1v) is 11.0. The predicted octanol–water partition coefficient (Wildman–Crippen LogP) is 3.97. The van der Waals surface area contributed by atoms with E-state index in [0.29, 0.717) is 24.3 Å². The van der Waals surface area contributed by atoms with Gasteiger partial charge in [0, 0.05) is 30.4 Å². The summed E-state index contributed by atoms with van der Waals surface area (Å²) in [7, 11) is 2.16. The third-order valence-electron chi connectivity index (χ3n) is 5.79. The molecule has 6 nitrogen and oxygen atoms in total. The van der Waals surface area contributed by atoms with Gasteiger partial charge in [-0.1, -0.05) is 0 Å². The molecule has 0 atom stereocenters. The largest absolute Gasteiger partial charge is 0.351 e. The van der Waals surface area contributed by atoms with Gasteiger partial charge in [0.1, 0.15) is 4.83 Å². The van der Waals surface area contributed by atoms with Crippen molar-refractivity contribution in [1.29, 1.82) is 0 Å². The molecular formula is C21H25N5OS. The molecule has 0 amide bonds. The van der Waals surface area contributed by atoms with Crippen molar-refractivity contribution < 1.29 is 4.79 Å². The first kappa shape index (κ1) is 17.8. The second-order valence-corrected chi connectivity index (χ2v) is 9.00. The average molecular weight is 396 g/mol. The third kappa shape index (κ3) is 3.69. The van der Waals surface area contributed by atoms with E-state index >= 15 is 0 Å². The second-order valence-electron chi connectivity index (χ2n) is 8.11. The first-order valence-electron chi connectivity index (χ1n) is 10.1. The van der Waals surface area contributed by atoms with Crippen LogP contribution < -0.4 is 5.32 Å². The molecule has 0 radical (unpaired) electrons. The molecule has 0 bridgehead atoms. The Morgan fingerprint density at radius 1 is 1.21 bits per heavy atom. The molecule has 1 saturated carbocycles. The maximum atomic E-state index is 12.4. The third-order valence-corrected chi connectivity index (χ3v) is 6.59. The van der Waals surface area contributed by atoms with E-state index in [1.165, 1.54) is 12.8 Å². The first-order chi connectivity index (χ1) is 13.7. The summed E-state index contributed by atoms with van der Waals surface area (Å²) in [5, 5.41) is 6.61. The number of nitrogens with zero attached hydrogens (tertiary/aromatic N) is 4. The van der Waals surface area contributed by atoms with Crippen LogP contribution in [0.25, 0.3) is 16.0 Å². The number of thiophene rings is 1. The normalized spacial score (nSPS) is 18.6. The Morgan fingerprint density at radius 3 is 2.82 bits per heavy atom. The van der Waals surface area contributed by atoms with Gasteiger partial charge in [-0.3, -0.25) is 4.79 Å². The van der Waals surface area contributed by atoms with Gasteiger partial charge in [0.2, 0.25) is 5.95 Å². The van der Waals surface area contributed by atoms with Crippen LogP contribution in [0.3, 0.4) is 0 Å². The van der Waals surface area contributed by atoms with Gasteiger partial charge in [0.15, 0.2) is 11.6 Å². The van der Waals surface area contributed by atoms with E-state index in [9.17, 15) is 4.79 Å². The lowest BCUT2D eigenvalue weighted by Crippen LogP contribution is -2.37. The highest BCUT2D eigenvalue weighted by atomic mass is 32.1. The highest BCUT2D eigenvalue weighted by Crippen LogP contribution is 2.34. The van der Waals surface area contributed by atoms with Gasteiger partial charge in [0.25, 0.3) is 0 Å². The van der Waals surface area contributed by atoms with Crippen LogP contribution in [0.5, 0.6) is 0 Å². The Balaban J connectivity index is 1.42. The molecule has 0 unspecified atom stereocenters. The van der Waals surface area contributed by atoms with Crippen LogP contribution in [0.1, 0.15) is 42.5 Å². The number of rotatable bonds is 6. The van der Waals surface area contributed by atoms with E-state index in [2.05, 4.69) is 23.3 Å². The summed E-state index contributed by atoms with van der Waals surface area (Å²) in [6.07, 6.45) is 9.12. The number of ketones is 1. The molecule has 0 aromatic carbocycles. The van der Waals surface area contributed by atoms with E-state index in [1.54, 1.807) is 11.3 Å². The molecule has 1 aliphatic heterocycles. The standard InChI is InChI=1S/C21H25N5OS/c1-25-8-5-16(6-9-25)22-21-23-19(17-7-11-28-20(17)24-21)26-10-4-15(13-26)18(27)12-14-2-3-14/h4,7,10-11,13-14,16H,2-3,5-6,8-9,12H2,1H3,(H,22,23,24). The smallest absolute Gasteiger partial charge is 0.226 e. The van der Waals surface area contributed by atoms with E-state index in [0.717, 1.165) is 47.5 Å². The van der Waals surface area contributed by atoms with Crippen LogP contribution in [0.2, 0.25) is 0 Å². The minimum absolute atomic E-state index is 0.238. The molecule has 146 valence electrons. The Hall–Kier alpha value is -2.25. The lowest BCUT2D eigenvalue weighted by atomic mass is 10.1. The maximum Gasteiger partial charge on any atom is 0.226 e. The van der Waals surface area contributed by atoms with Crippen molar-refractivity contribution in [3.63, 3.8) is 0 Å². The van der Waals surface area contributed by atoms with Gasteiger partial charge >= 0.3 is 0 Å². The fraction of sp³-hybridized carbons (Fsp3) is 0.476. The molecule has 3 aromatic rings. The van der Waals surface area contributed by atoms with Crippen molar-refractivity contribution >= 4 is 33.3 Å². The van der Waals surface area contributed by atoms with Crippen LogP contribution >= 0.6 is 11.3 Å². The van der Waals surface area contributed by atoms with Crippen LogP contribution in [0, 0.1) is 5.92 Å². The van der Waals surface area contributed by atoms with E-state index in [1.807, 2.05) is 28.4 Å². The minimum atomic E-state index is 0.238. The molecule has 0 spiro atoms. The Bertz CT molecular complexity index is 997. The summed E-state index contributed by atoms with van der Waals surface area (Å²) in [6, 6.07) is 4.37. The lowest BCUT2D eigenvalue weighted by Gasteiger charge is -2.29. The number of hydrogen-bond acceptors (Lipinski definition) is 6. The lowest BCUT2D eigenvalue weighted by molar-refractivity contribution is 0.0976. The zero-order valence-electron chi connectivity index (χ0n) is 16.1. The van der Waals surface area contributed by atoms with E-state index in [-0.39, 0.29) is 5.78 Å². The fourth-order valence-electron chi connectivity index (χ4n) is 3.83. The quantitative estimate of drug-likeness (QED) is 0.640. The summed E-state index contributed by atoms with van der Waals surface area (Å²) in [6.45, 7) is 2.19. The molecule has 5 rings (SSSR count). The van der Waals surface area contributed by atoms with E-state index in [4.69, 9.17) is 9.97 Å². The van der Waals surface area contributed by atoms with Gasteiger partial charge in [-0.25, -0.2) is 4.98 Å². The molecule has 2 fully saturated rings. The number of anilines is 1. The van der Waals surface area contributed by atoms with E-state index < -0.39 is 0 Å². The summed E-state index contributed by atoms with van der Waals surface area (Å²) < 4.78 is 1.97. The summed E-state index contributed by atoms with van der Waals surface area (Å²) in [5.74, 6) is 2.36. The van der Waals surface area contributed by atoms with Gasteiger partial charge in [0.05, 0.1) is 5.39 Å². The Morgan fingerprint density at radius 2 is 2.04 bits per heavy atom. The number of Topliss-reactive ketones (excluding diaryl/α,β-unsaturated/α-hetero) is 1. The van der Waals surface area contributed by atoms with Crippen LogP contribution in [0.15, 0.2) is 29.9 Å². The molecule has 4 heterocycles. The zero-order valence-corrected chi connectivity index (χ0v) is 16.9. The number of piperidine rings is 1. The fourth-order valence-corrected chi connectivity index (χ4v) is 4.59. The topological polar surface area (TPSA) is 63.1 Å². The number of fused-ring (bicyclic) bond motifs is 1. The number of nitrogens with one attached hydrogen (secondary N) is 1. The van der Waals surface area contributed by atoms with Crippen molar-refractivity contribution in [1.82, 2.24) is 19.4 Å². The number of carbonyl (C=O) groups is 1. The number of hydrogen-bond donors (Lipinski definition) is 1. The molecule has 2 aliphatic rings. The highest BCUT2D eigenvalue weighted by molar-refractivity contribution is 7.16. The van der Waals surface area contributed by atoms with Crippen molar-refractivity contribution in [3.8, 4) is 5.82 Å². The molecule has 28 heavy (non-hydrogen) atoms. The van der Waals surface area contributed by atoms with Crippen LogP contribution in [-0.4, -0.2) is 51.4 Å². The Kier molecular flexibility index (Phi) is 4.64. The van der Waals surface area contributed by atoms with Crippen molar-refractivity contribution in [3.05, 3.63) is 35.5 Å². The monoisotopic (exact) mass is 395 g/mol. The maximum absolute atomic E-state index is 12.4. The second kappa shape index (κ2) is 7.29. The van der Waals surface area contributed by atoms with Crippen molar-refractivity contribution in [2.24, 2.45) is 5.92 Å². The van der Waals surface area contributed by atoms with Crippen LogP contribution in [-0.2, 0) is 0 Å². The summed E-state index contributed by atoms with van der Waals surface area (Å²) >= 11 is 1.62. The number of likely N-dealkylation sites (tertiary alicyclic amines) is 1. The van der Waals surface area contributed by atoms with Gasteiger partial charge < -0.3 is 14.8 Å². The van der Waals surface area contributed by atoms with Crippen molar-refractivity contribution in [2.45, 2.75) is 38.1 Å². The number of carbonyl (C=O) groups excluding carboxylic acids is 1. The highest BCUT2D eigenvalue weighted by Gasteiger charge is 2.25. The van der Waals surface area contributed by atoms with Crippen LogP contribution in [0.4, 0.5) is 5.95 Å². The van der Waals surface area contributed by atoms with Crippen molar-refractivity contribution in [2.75, 3.05) is 25.5 Å². The molecular weight excluding hydrogens is 370 g/mol. The number of aromatic nitrogens is 3. The minimum Gasteiger partial charge on any atom is -0.351 e. The molecule has 1 aliphatic carbocycles.